The maximum absolute atomic E-state index is 5.56. The zero-order valence-corrected chi connectivity index (χ0v) is 12.7. The molecule has 2 aromatic rings. The molecule has 0 aromatic carbocycles. The van der Waals surface area contributed by atoms with Gasteiger partial charge in [0.25, 0.3) is 0 Å². The predicted octanol–water partition coefficient (Wildman–Crippen LogP) is 3.32. The Morgan fingerprint density at radius 1 is 1.33 bits per heavy atom. The van der Waals surface area contributed by atoms with Gasteiger partial charge in [-0.15, -0.1) is 0 Å². The molecule has 0 amide bonds. The third kappa shape index (κ3) is 3.50. The first-order chi connectivity index (χ1) is 10.4. The summed E-state index contributed by atoms with van der Waals surface area (Å²) in [4.78, 5) is 9.01. The van der Waals surface area contributed by atoms with E-state index in [1.165, 1.54) is 18.4 Å². The topological polar surface area (TPSA) is 39.9 Å². The van der Waals surface area contributed by atoms with Crippen molar-refractivity contribution in [3.63, 3.8) is 0 Å². The lowest BCUT2D eigenvalue weighted by molar-refractivity contribution is 0.0501. The number of pyridine rings is 1. The second kappa shape index (κ2) is 6.85. The van der Waals surface area contributed by atoms with Crippen LogP contribution in [0.1, 0.15) is 31.7 Å². The maximum Gasteiger partial charge on any atom is 0.158 e. The first-order valence-corrected chi connectivity index (χ1v) is 7.91. The average molecular weight is 285 g/mol. The van der Waals surface area contributed by atoms with E-state index in [1.54, 1.807) is 0 Å². The minimum Gasteiger partial charge on any atom is -0.381 e. The van der Waals surface area contributed by atoms with Crippen LogP contribution >= 0.6 is 0 Å². The molecular weight excluding hydrogens is 262 g/mol. The average Bonchev–Trinajstić information content (AvgIpc) is 3.02. The van der Waals surface area contributed by atoms with E-state index >= 15 is 0 Å². The second-order valence-corrected chi connectivity index (χ2v) is 5.72. The van der Waals surface area contributed by atoms with Crippen molar-refractivity contribution in [2.75, 3.05) is 13.2 Å². The Kier molecular flexibility index (Phi) is 4.65. The first kappa shape index (κ1) is 14.3. The van der Waals surface area contributed by atoms with Crippen LogP contribution in [0.25, 0.3) is 11.5 Å². The van der Waals surface area contributed by atoms with Crippen molar-refractivity contribution in [3.05, 3.63) is 36.3 Å². The highest BCUT2D eigenvalue weighted by molar-refractivity contribution is 5.49. The quantitative estimate of drug-likeness (QED) is 0.846. The molecule has 3 rings (SSSR count). The summed E-state index contributed by atoms with van der Waals surface area (Å²) in [6, 6.07) is 4.21. The molecule has 1 saturated heterocycles. The van der Waals surface area contributed by atoms with Gasteiger partial charge >= 0.3 is 0 Å². The Bertz CT molecular complexity index is 556. The van der Waals surface area contributed by atoms with Crippen molar-refractivity contribution in [3.8, 4) is 11.5 Å². The Morgan fingerprint density at radius 2 is 2.29 bits per heavy atom. The number of nitrogens with zero attached hydrogens (tertiary/aromatic N) is 3. The summed E-state index contributed by atoms with van der Waals surface area (Å²) in [5.41, 5.74) is 2.22. The minimum absolute atomic E-state index is 0.685. The van der Waals surface area contributed by atoms with E-state index < -0.39 is 0 Å². The summed E-state index contributed by atoms with van der Waals surface area (Å²) in [6.45, 7) is 4.97. The van der Waals surface area contributed by atoms with Crippen molar-refractivity contribution in [2.24, 2.45) is 5.92 Å². The van der Waals surface area contributed by atoms with E-state index in [2.05, 4.69) is 39.8 Å². The molecule has 2 aromatic heterocycles. The fourth-order valence-electron chi connectivity index (χ4n) is 2.85. The Balaban J connectivity index is 1.67. The molecule has 112 valence electrons. The highest BCUT2D eigenvalue weighted by Crippen LogP contribution is 2.20. The highest BCUT2D eigenvalue weighted by atomic mass is 16.5. The largest absolute Gasteiger partial charge is 0.381 e. The molecular formula is C17H23N3O. The Labute approximate surface area is 126 Å². The highest BCUT2D eigenvalue weighted by Gasteiger charge is 2.15. The molecule has 3 heterocycles. The van der Waals surface area contributed by atoms with Crippen molar-refractivity contribution < 1.29 is 4.74 Å². The van der Waals surface area contributed by atoms with Crippen LogP contribution in [0.3, 0.4) is 0 Å². The van der Waals surface area contributed by atoms with Crippen molar-refractivity contribution in [2.45, 2.75) is 39.2 Å². The van der Waals surface area contributed by atoms with Gasteiger partial charge in [-0.3, -0.25) is 4.98 Å². The van der Waals surface area contributed by atoms with Crippen LogP contribution in [0.2, 0.25) is 0 Å². The van der Waals surface area contributed by atoms with Gasteiger partial charge in [0.2, 0.25) is 0 Å². The molecule has 1 aliphatic heterocycles. The van der Waals surface area contributed by atoms with Crippen LogP contribution in [-0.2, 0) is 17.7 Å². The fourth-order valence-corrected chi connectivity index (χ4v) is 2.85. The molecule has 0 radical (unpaired) electrons. The van der Waals surface area contributed by atoms with Crippen molar-refractivity contribution in [1.82, 2.24) is 14.5 Å². The molecule has 21 heavy (non-hydrogen) atoms. The van der Waals surface area contributed by atoms with E-state index in [-0.39, 0.29) is 0 Å². The molecule has 1 aliphatic rings. The summed E-state index contributed by atoms with van der Waals surface area (Å²) in [5, 5.41) is 0. The third-order valence-corrected chi connectivity index (χ3v) is 4.21. The van der Waals surface area contributed by atoms with Gasteiger partial charge in [0.15, 0.2) is 5.82 Å². The van der Waals surface area contributed by atoms with Crippen LogP contribution in [0, 0.1) is 5.92 Å². The van der Waals surface area contributed by atoms with E-state index in [0.29, 0.717) is 5.92 Å². The van der Waals surface area contributed by atoms with Crippen LogP contribution in [0.4, 0.5) is 0 Å². The Morgan fingerprint density at radius 3 is 3.00 bits per heavy atom. The summed E-state index contributed by atoms with van der Waals surface area (Å²) in [6.07, 6.45) is 10.5. The molecule has 0 N–H and O–H groups in total. The summed E-state index contributed by atoms with van der Waals surface area (Å²) in [7, 11) is 0. The van der Waals surface area contributed by atoms with Gasteiger partial charge in [-0.05, 0) is 43.2 Å². The molecule has 1 fully saturated rings. The van der Waals surface area contributed by atoms with Gasteiger partial charge in [0, 0.05) is 38.3 Å². The molecule has 4 heteroatoms. The number of aromatic nitrogens is 3. The van der Waals surface area contributed by atoms with E-state index in [1.807, 2.05) is 12.4 Å². The number of rotatable bonds is 5. The van der Waals surface area contributed by atoms with Crippen LogP contribution in [0.15, 0.2) is 30.7 Å². The van der Waals surface area contributed by atoms with Gasteiger partial charge in [0.05, 0.1) is 0 Å². The van der Waals surface area contributed by atoms with Gasteiger partial charge in [-0.1, -0.05) is 13.0 Å². The SMILES string of the molecule is CCc1ccc(-c2nccn2CCC2CCCOC2)nc1. The van der Waals surface area contributed by atoms with Crippen LogP contribution < -0.4 is 0 Å². The molecule has 0 bridgehead atoms. The zero-order chi connectivity index (χ0) is 14.5. The molecule has 0 saturated carbocycles. The molecule has 0 aliphatic carbocycles. The van der Waals surface area contributed by atoms with Gasteiger partial charge in [0.1, 0.15) is 5.69 Å². The lowest BCUT2D eigenvalue weighted by Crippen LogP contribution is -2.19. The minimum atomic E-state index is 0.685. The smallest absolute Gasteiger partial charge is 0.158 e. The third-order valence-electron chi connectivity index (χ3n) is 4.21. The van der Waals surface area contributed by atoms with Crippen molar-refractivity contribution in [1.29, 1.82) is 0 Å². The lowest BCUT2D eigenvalue weighted by Gasteiger charge is -2.22. The standard InChI is InChI=1S/C17H23N3O/c1-2-14-5-6-16(19-12-14)17-18-8-10-20(17)9-7-15-4-3-11-21-13-15/h5-6,8,10,12,15H,2-4,7,9,11,13H2,1H3. The van der Waals surface area contributed by atoms with Crippen LogP contribution in [-0.4, -0.2) is 27.7 Å². The zero-order valence-electron chi connectivity index (χ0n) is 12.7. The number of hydrogen-bond acceptors (Lipinski definition) is 3. The molecule has 1 atom stereocenters. The summed E-state index contributed by atoms with van der Waals surface area (Å²) < 4.78 is 7.77. The molecule has 4 nitrogen and oxygen atoms in total. The van der Waals surface area contributed by atoms with Gasteiger partial charge < -0.3 is 9.30 Å². The van der Waals surface area contributed by atoms with Gasteiger partial charge in [-0.25, -0.2) is 4.98 Å². The summed E-state index contributed by atoms with van der Waals surface area (Å²) in [5.74, 6) is 1.65. The monoisotopic (exact) mass is 285 g/mol. The molecule has 1 unspecified atom stereocenters. The normalized spacial score (nSPS) is 18.8. The van der Waals surface area contributed by atoms with Gasteiger partial charge in [-0.2, -0.15) is 0 Å². The fraction of sp³-hybridized carbons (Fsp3) is 0.529. The van der Waals surface area contributed by atoms with Crippen LogP contribution in [0.5, 0.6) is 0 Å². The van der Waals surface area contributed by atoms with E-state index in [4.69, 9.17) is 4.74 Å². The van der Waals surface area contributed by atoms with E-state index in [0.717, 1.165) is 44.1 Å². The predicted molar refractivity (Wildman–Crippen MR) is 83.0 cm³/mol. The number of imidazole rings is 1. The van der Waals surface area contributed by atoms with Crippen molar-refractivity contribution >= 4 is 0 Å². The summed E-state index contributed by atoms with van der Waals surface area (Å²) >= 11 is 0. The Hall–Kier alpha value is -1.68. The lowest BCUT2D eigenvalue weighted by atomic mass is 9.99. The maximum atomic E-state index is 5.56. The first-order valence-electron chi connectivity index (χ1n) is 7.91. The molecule has 0 spiro atoms. The van der Waals surface area contributed by atoms with E-state index in [9.17, 15) is 0 Å². The number of ether oxygens (including phenoxy) is 1. The number of hydrogen-bond donors (Lipinski definition) is 0. The second-order valence-electron chi connectivity index (χ2n) is 5.72. The number of aryl methyl sites for hydroxylation is 2.